The van der Waals surface area contributed by atoms with Gasteiger partial charge in [0.25, 0.3) is 0 Å². The first kappa shape index (κ1) is 12.0. The predicted molar refractivity (Wildman–Crippen MR) is 70.0 cm³/mol. The van der Waals surface area contributed by atoms with E-state index in [4.69, 9.17) is 22.5 Å². The van der Waals surface area contributed by atoms with E-state index in [1.165, 1.54) is 0 Å². The van der Waals surface area contributed by atoms with Crippen molar-refractivity contribution in [3.63, 3.8) is 0 Å². The van der Waals surface area contributed by atoms with Gasteiger partial charge in [0.15, 0.2) is 5.84 Å². The van der Waals surface area contributed by atoms with Crippen molar-refractivity contribution in [2.24, 2.45) is 16.8 Å². The van der Waals surface area contributed by atoms with E-state index in [-0.39, 0.29) is 5.84 Å². The van der Waals surface area contributed by atoms with Crippen LogP contribution in [-0.2, 0) is 0 Å². The van der Waals surface area contributed by atoms with Gasteiger partial charge in [-0.2, -0.15) is 0 Å². The summed E-state index contributed by atoms with van der Waals surface area (Å²) in [6, 6.07) is 5.40. The van der Waals surface area contributed by atoms with Gasteiger partial charge in [-0.1, -0.05) is 23.7 Å². The van der Waals surface area contributed by atoms with Crippen molar-refractivity contribution >= 4 is 23.1 Å². The van der Waals surface area contributed by atoms with Gasteiger partial charge in [-0.3, -0.25) is 0 Å². The average Bonchev–Trinajstić information content (AvgIpc) is 2.75. The minimum atomic E-state index is 0.121. The van der Waals surface area contributed by atoms with Crippen LogP contribution in [0.3, 0.4) is 0 Å². The minimum Gasteiger partial charge on any atom is -0.409 e. The molecule has 0 aliphatic carbocycles. The molecule has 0 aromatic heterocycles. The van der Waals surface area contributed by atoms with E-state index in [0.717, 1.165) is 30.8 Å². The van der Waals surface area contributed by atoms with Gasteiger partial charge in [-0.15, -0.1) is 0 Å². The maximum atomic E-state index is 8.79. The second-order valence-corrected chi connectivity index (χ2v) is 4.92. The van der Waals surface area contributed by atoms with Crippen LogP contribution in [0.25, 0.3) is 0 Å². The molecule has 0 radical (unpaired) electrons. The van der Waals surface area contributed by atoms with Crippen molar-refractivity contribution < 1.29 is 5.21 Å². The lowest BCUT2D eigenvalue weighted by atomic mass is 10.1. The lowest BCUT2D eigenvalue weighted by Gasteiger charge is -2.21. The number of nitrogens with zero attached hydrogens (tertiary/aromatic N) is 2. The lowest BCUT2D eigenvalue weighted by Crippen LogP contribution is -2.24. The molecule has 1 aliphatic rings. The Hall–Kier alpha value is -1.42. The molecule has 1 aromatic rings. The number of hydrogen-bond donors (Lipinski definition) is 2. The Kier molecular flexibility index (Phi) is 3.43. The average molecular weight is 254 g/mol. The summed E-state index contributed by atoms with van der Waals surface area (Å²) in [6.07, 6.45) is 1.15. The Labute approximate surface area is 106 Å². The Bertz CT molecular complexity index is 447. The van der Waals surface area contributed by atoms with Crippen LogP contribution in [0.2, 0.25) is 5.02 Å². The summed E-state index contributed by atoms with van der Waals surface area (Å²) in [6.45, 7) is 4.17. The molecule has 2 rings (SSSR count). The number of rotatable bonds is 2. The van der Waals surface area contributed by atoms with Crippen LogP contribution >= 0.6 is 11.6 Å². The summed E-state index contributed by atoms with van der Waals surface area (Å²) in [5, 5.41) is 12.5. The predicted octanol–water partition coefficient (Wildman–Crippen LogP) is 2.28. The molecule has 1 fully saturated rings. The van der Waals surface area contributed by atoms with Crippen LogP contribution in [0.4, 0.5) is 5.69 Å². The smallest absolute Gasteiger partial charge is 0.172 e. The largest absolute Gasteiger partial charge is 0.409 e. The zero-order valence-electron chi connectivity index (χ0n) is 9.73. The fourth-order valence-corrected chi connectivity index (χ4v) is 2.36. The molecule has 1 atom stereocenters. The van der Waals surface area contributed by atoms with Crippen molar-refractivity contribution in [2.75, 3.05) is 18.0 Å². The van der Waals surface area contributed by atoms with E-state index in [1.807, 2.05) is 6.07 Å². The van der Waals surface area contributed by atoms with Gasteiger partial charge >= 0.3 is 0 Å². The summed E-state index contributed by atoms with van der Waals surface area (Å²) >= 11 is 6.01. The van der Waals surface area contributed by atoms with Crippen molar-refractivity contribution in [2.45, 2.75) is 13.3 Å². The molecule has 0 bridgehead atoms. The molecule has 1 saturated heterocycles. The molecule has 0 amide bonds. The van der Waals surface area contributed by atoms with E-state index in [9.17, 15) is 0 Å². The Morgan fingerprint density at radius 1 is 1.59 bits per heavy atom. The summed E-state index contributed by atoms with van der Waals surface area (Å²) in [7, 11) is 0. The van der Waals surface area contributed by atoms with E-state index in [2.05, 4.69) is 17.0 Å². The van der Waals surface area contributed by atoms with E-state index < -0.39 is 0 Å². The zero-order valence-corrected chi connectivity index (χ0v) is 10.5. The zero-order chi connectivity index (χ0) is 12.4. The highest BCUT2D eigenvalue weighted by Crippen LogP contribution is 2.29. The second kappa shape index (κ2) is 4.84. The van der Waals surface area contributed by atoms with Gasteiger partial charge in [0.05, 0.1) is 0 Å². The first-order valence-electron chi connectivity index (χ1n) is 5.64. The molecule has 5 heteroatoms. The Balaban J connectivity index is 2.40. The first-order valence-corrected chi connectivity index (χ1v) is 6.02. The highest BCUT2D eigenvalue weighted by atomic mass is 35.5. The highest BCUT2D eigenvalue weighted by Gasteiger charge is 2.22. The minimum absolute atomic E-state index is 0.121. The monoisotopic (exact) mass is 253 g/mol. The standard InChI is InChI=1S/C12H16ClN3O/c1-8-4-5-16(7-8)11-6-9(13)2-3-10(11)12(14)15-17/h2-3,6,8,17H,4-5,7H2,1H3,(H2,14,15). The van der Waals surface area contributed by atoms with Crippen LogP contribution in [0.15, 0.2) is 23.4 Å². The Morgan fingerprint density at radius 3 is 2.94 bits per heavy atom. The van der Waals surface area contributed by atoms with Crippen LogP contribution in [0.5, 0.6) is 0 Å². The third-order valence-corrected chi connectivity index (χ3v) is 3.34. The molecule has 3 N–H and O–H groups in total. The fourth-order valence-electron chi connectivity index (χ4n) is 2.19. The quantitative estimate of drug-likeness (QED) is 0.368. The molecule has 4 nitrogen and oxygen atoms in total. The number of halogens is 1. The molecular weight excluding hydrogens is 238 g/mol. The van der Waals surface area contributed by atoms with Crippen molar-refractivity contribution in [1.29, 1.82) is 0 Å². The number of nitrogens with two attached hydrogens (primary N) is 1. The van der Waals surface area contributed by atoms with Crippen LogP contribution in [0.1, 0.15) is 18.9 Å². The lowest BCUT2D eigenvalue weighted by molar-refractivity contribution is 0.318. The molecule has 17 heavy (non-hydrogen) atoms. The van der Waals surface area contributed by atoms with Gasteiger partial charge in [-0.05, 0) is 30.5 Å². The summed E-state index contributed by atoms with van der Waals surface area (Å²) in [5.41, 5.74) is 7.35. The van der Waals surface area contributed by atoms with Gasteiger partial charge in [0.2, 0.25) is 0 Å². The molecule has 1 unspecified atom stereocenters. The van der Waals surface area contributed by atoms with Crippen LogP contribution < -0.4 is 10.6 Å². The normalized spacial score (nSPS) is 20.9. The highest BCUT2D eigenvalue weighted by molar-refractivity contribution is 6.31. The number of anilines is 1. The van der Waals surface area contributed by atoms with Gasteiger partial charge in [0, 0.05) is 29.4 Å². The van der Waals surface area contributed by atoms with Crippen molar-refractivity contribution in [3.8, 4) is 0 Å². The first-order chi connectivity index (χ1) is 8.11. The molecule has 1 aliphatic heterocycles. The molecule has 1 aromatic carbocycles. The maximum absolute atomic E-state index is 8.79. The molecule has 0 spiro atoms. The molecule has 0 saturated carbocycles. The fraction of sp³-hybridized carbons (Fsp3) is 0.417. The second-order valence-electron chi connectivity index (χ2n) is 4.49. The SMILES string of the molecule is CC1CCN(c2cc(Cl)ccc2C(N)=NO)C1. The van der Waals surface area contributed by atoms with E-state index in [1.54, 1.807) is 12.1 Å². The van der Waals surface area contributed by atoms with E-state index >= 15 is 0 Å². The number of benzene rings is 1. The summed E-state index contributed by atoms with van der Waals surface area (Å²) in [5.74, 6) is 0.783. The number of hydrogen-bond acceptors (Lipinski definition) is 3. The van der Waals surface area contributed by atoms with Crippen molar-refractivity contribution in [3.05, 3.63) is 28.8 Å². The van der Waals surface area contributed by atoms with Gasteiger partial charge < -0.3 is 15.8 Å². The third-order valence-electron chi connectivity index (χ3n) is 3.11. The summed E-state index contributed by atoms with van der Waals surface area (Å²) < 4.78 is 0. The van der Waals surface area contributed by atoms with Crippen molar-refractivity contribution in [1.82, 2.24) is 0 Å². The topological polar surface area (TPSA) is 61.8 Å². The van der Waals surface area contributed by atoms with Crippen LogP contribution in [0, 0.1) is 5.92 Å². The number of oxime groups is 1. The Morgan fingerprint density at radius 2 is 2.35 bits per heavy atom. The van der Waals surface area contributed by atoms with Crippen LogP contribution in [-0.4, -0.2) is 24.1 Å². The molecular formula is C12H16ClN3O. The molecule has 1 heterocycles. The summed E-state index contributed by atoms with van der Waals surface area (Å²) in [4.78, 5) is 2.23. The van der Waals surface area contributed by atoms with E-state index in [0.29, 0.717) is 10.9 Å². The number of amidine groups is 1. The third kappa shape index (κ3) is 2.47. The van der Waals surface area contributed by atoms with Gasteiger partial charge in [0.1, 0.15) is 0 Å². The maximum Gasteiger partial charge on any atom is 0.172 e. The molecule has 92 valence electrons. The van der Waals surface area contributed by atoms with Gasteiger partial charge in [-0.25, -0.2) is 0 Å².